The van der Waals surface area contributed by atoms with Crippen LogP contribution in [-0.4, -0.2) is 22.9 Å². The van der Waals surface area contributed by atoms with E-state index in [1.807, 2.05) is 23.9 Å². The molecule has 5 heteroatoms. The van der Waals surface area contributed by atoms with E-state index in [4.69, 9.17) is 9.15 Å². The Morgan fingerprint density at radius 1 is 1.56 bits per heavy atom. The van der Waals surface area contributed by atoms with Gasteiger partial charge in [-0.25, -0.2) is 0 Å². The first-order valence-corrected chi connectivity index (χ1v) is 6.20. The summed E-state index contributed by atoms with van der Waals surface area (Å²) in [6, 6.07) is 3.85. The fourth-order valence-electron chi connectivity index (χ4n) is 2.30. The second-order valence-corrected chi connectivity index (χ2v) is 4.53. The van der Waals surface area contributed by atoms with Crippen LogP contribution in [0.5, 0.6) is 0 Å². The van der Waals surface area contributed by atoms with E-state index in [0.717, 1.165) is 37.6 Å². The van der Waals surface area contributed by atoms with Crippen molar-refractivity contribution in [3.8, 4) is 0 Å². The maximum absolute atomic E-state index is 5.77. The highest BCUT2D eigenvalue weighted by Gasteiger charge is 2.23. The molecule has 2 aromatic rings. The third-order valence-electron chi connectivity index (χ3n) is 3.14. The van der Waals surface area contributed by atoms with Crippen LogP contribution < -0.4 is 5.32 Å². The van der Waals surface area contributed by atoms with Gasteiger partial charge in [0.2, 0.25) is 0 Å². The summed E-state index contributed by atoms with van der Waals surface area (Å²) in [6.45, 7) is 2.24. The first kappa shape index (κ1) is 11.5. The Balaban J connectivity index is 1.60. The number of hydrogen-bond donors (Lipinski definition) is 1. The van der Waals surface area contributed by atoms with Crippen molar-refractivity contribution in [2.45, 2.75) is 19.1 Å². The van der Waals surface area contributed by atoms with Crippen LogP contribution in [0.2, 0.25) is 0 Å². The number of aryl methyl sites for hydroxylation is 1. The lowest BCUT2D eigenvalue weighted by Crippen LogP contribution is -2.27. The van der Waals surface area contributed by atoms with Crippen LogP contribution in [0.4, 0.5) is 0 Å². The van der Waals surface area contributed by atoms with Crippen LogP contribution in [0.25, 0.3) is 0 Å². The van der Waals surface area contributed by atoms with Crippen molar-refractivity contribution in [1.29, 1.82) is 0 Å². The lowest BCUT2D eigenvalue weighted by molar-refractivity contribution is 0.0391. The Hall–Kier alpha value is -1.59. The van der Waals surface area contributed by atoms with Crippen LogP contribution in [0.1, 0.15) is 23.1 Å². The zero-order chi connectivity index (χ0) is 12.4. The molecule has 1 N–H and O–H groups in total. The van der Waals surface area contributed by atoms with Crippen molar-refractivity contribution in [2.75, 3.05) is 13.2 Å². The monoisotopic (exact) mass is 247 g/mol. The number of rotatable bonds is 4. The predicted molar refractivity (Wildman–Crippen MR) is 66.0 cm³/mol. The number of ether oxygens (including phenoxy) is 1. The molecule has 0 bridgehead atoms. The van der Waals surface area contributed by atoms with Crippen molar-refractivity contribution in [1.82, 2.24) is 15.1 Å². The summed E-state index contributed by atoms with van der Waals surface area (Å²) in [7, 11) is 1.95. The Morgan fingerprint density at radius 3 is 3.33 bits per heavy atom. The van der Waals surface area contributed by atoms with Gasteiger partial charge in [-0.3, -0.25) is 4.68 Å². The van der Waals surface area contributed by atoms with Gasteiger partial charge in [0.15, 0.2) is 0 Å². The summed E-state index contributed by atoms with van der Waals surface area (Å²) < 4.78 is 12.9. The molecule has 0 saturated heterocycles. The van der Waals surface area contributed by atoms with E-state index in [1.54, 1.807) is 6.26 Å². The van der Waals surface area contributed by atoms with Gasteiger partial charge in [-0.2, -0.15) is 5.10 Å². The smallest absolute Gasteiger partial charge is 0.117 e. The molecule has 3 heterocycles. The van der Waals surface area contributed by atoms with Crippen LogP contribution in [0.3, 0.4) is 0 Å². The van der Waals surface area contributed by atoms with Gasteiger partial charge in [-0.15, -0.1) is 0 Å². The maximum atomic E-state index is 5.77. The standard InChI is InChI=1S/C13H17N3O2/c1-16-9-10-4-6-18-12(13(10)15-16)8-14-7-11-3-2-5-17-11/h2-3,5,9,12,14H,4,6-8H2,1H3/t12-/m0/s1. The highest BCUT2D eigenvalue weighted by molar-refractivity contribution is 5.22. The number of fused-ring (bicyclic) bond motifs is 1. The van der Waals surface area contributed by atoms with Crippen LogP contribution in [0.15, 0.2) is 29.0 Å². The highest BCUT2D eigenvalue weighted by Crippen LogP contribution is 2.24. The Labute approximate surface area is 106 Å². The van der Waals surface area contributed by atoms with Gasteiger partial charge >= 0.3 is 0 Å². The van der Waals surface area contributed by atoms with Gasteiger partial charge in [0.05, 0.1) is 25.1 Å². The van der Waals surface area contributed by atoms with Gasteiger partial charge in [0.25, 0.3) is 0 Å². The quantitative estimate of drug-likeness (QED) is 0.887. The second kappa shape index (κ2) is 4.96. The fraction of sp³-hybridized carbons (Fsp3) is 0.462. The molecule has 1 aliphatic heterocycles. The average Bonchev–Trinajstić information content (AvgIpc) is 2.97. The largest absolute Gasteiger partial charge is 0.468 e. The first-order valence-electron chi connectivity index (χ1n) is 6.20. The normalized spacial score (nSPS) is 18.8. The van der Waals surface area contributed by atoms with Gasteiger partial charge in [0, 0.05) is 19.8 Å². The van der Waals surface area contributed by atoms with Gasteiger partial charge in [-0.05, 0) is 24.1 Å². The van der Waals surface area contributed by atoms with Crippen LogP contribution in [0, 0.1) is 0 Å². The minimum absolute atomic E-state index is 0.0462. The molecule has 3 rings (SSSR count). The molecule has 0 unspecified atom stereocenters. The van der Waals surface area contributed by atoms with Crippen LogP contribution in [-0.2, 0) is 24.8 Å². The molecule has 0 saturated carbocycles. The molecule has 1 atom stereocenters. The maximum Gasteiger partial charge on any atom is 0.117 e. The number of nitrogens with zero attached hydrogens (tertiary/aromatic N) is 2. The molecule has 0 aromatic carbocycles. The minimum atomic E-state index is 0.0462. The second-order valence-electron chi connectivity index (χ2n) is 4.53. The molecule has 0 spiro atoms. The SMILES string of the molecule is Cn1cc2c(n1)[C@H](CNCc1ccco1)OCC2. The van der Waals surface area contributed by atoms with Crippen molar-refractivity contribution in [2.24, 2.45) is 7.05 Å². The zero-order valence-electron chi connectivity index (χ0n) is 10.4. The molecule has 0 radical (unpaired) electrons. The van der Waals surface area contributed by atoms with Gasteiger partial charge < -0.3 is 14.5 Å². The van der Waals surface area contributed by atoms with Gasteiger partial charge in [-0.1, -0.05) is 0 Å². The molecule has 96 valence electrons. The summed E-state index contributed by atoms with van der Waals surface area (Å²) in [5, 5.41) is 7.82. The lowest BCUT2D eigenvalue weighted by Gasteiger charge is -2.22. The topological polar surface area (TPSA) is 52.2 Å². The van der Waals surface area contributed by atoms with E-state index in [1.165, 1.54) is 5.56 Å². The fourth-order valence-corrected chi connectivity index (χ4v) is 2.30. The average molecular weight is 247 g/mol. The number of nitrogens with one attached hydrogen (secondary N) is 1. The number of hydrogen-bond acceptors (Lipinski definition) is 4. The molecular weight excluding hydrogens is 230 g/mol. The third kappa shape index (κ3) is 2.32. The summed E-state index contributed by atoms with van der Waals surface area (Å²) in [5.41, 5.74) is 2.37. The predicted octanol–water partition coefficient (Wildman–Crippen LogP) is 1.42. The molecule has 0 fully saturated rings. The Kier molecular flexibility index (Phi) is 3.17. The van der Waals surface area contributed by atoms with Gasteiger partial charge in [0.1, 0.15) is 11.9 Å². The molecule has 5 nitrogen and oxygen atoms in total. The van der Waals surface area contributed by atoms with Crippen molar-refractivity contribution in [3.05, 3.63) is 41.6 Å². The highest BCUT2D eigenvalue weighted by atomic mass is 16.5. The zero-order valence-corrected chi connectivity index (χ0v) is 10.4. The lowest BCUT2D eigenvalue weighted by atomic mass is 10.1. The van der Waals surface area contributed by atoms with E-state index >= 15 is 0 Å². The Morgan fingerprint density at radius 2 is 2.50 bits per heavy atom. The van der Waals surface area contributed by atoms with E-state index in [9.17, 15) is 0 Å². The number of furan rings is 1. The number of aromatic nitrogens is 2. The van der Waals surface area contributed by atoms with Crippen LogP contribution >= 0.6 is 0 Å². The Bertz CT molecular complexity index is 504. The van der Waals surface area contributed by atoms with Crippen molar-refractivity contribution < 1.29 is 9.15 Å². The van der Waals surface area contributed by atoms with E-state index < -0.39 is 0 Å². The summed E-state index contributed by atoms with van der Waals surface area (Å²) >= 11 is 0. The van der Waals surface area contributed by atoms with E-state index in [2.05, 4.69) is 16.6 Å². The van der Waals surface area contributed by atoms with Crippen molar-refractivity contribution >= 4 is 0 Å². The summed E-state index contributed by atoms with van der Waals surface area (Å²) in [6.07, 6.45) is 4.77. The third-order valence-corrected chi connectivity index (χ3v) is 3.14. The molecular formula is C13H17N3O2. The molecule has 18 heavy (non-hydrogen) atoms. The molecule has 2 aromatic heterocycles. The summed E-state index contributed by atoms with van der Waals surface area (Å²) in [4.78, 5) is 0. The first-order chi connectivity index (χ1) is 8.83. The van der Waals surface area contributed by atoms with Crippen molar-refractivity contribution in [3.63, 3.8) is 0 Å². The minimum Gasteiger partial charge on any atom is -0.468 e. The molecule has 1 aliphatic rings. The van der Waals surface area contributed by atoms with E-state index in [0.29, 0.717) is 0 Å². The molecule has 0 aliphatic carbocycles. The summed E-state index contributed by atoms with van der Waals surface area (Å²) in [5.74, 6) is 0.937. The van der Waals surface area contributed by atoms with E-state index in [-0.39, 0.29) is 6.10 Å². The molecule has 0 amide bonds.